The topological polar surface area (TPSA) is 49.0 Å². The molecule has 4 nitrogen and oxygen atoms in total. The van der Waals surface area contributed by atoms with Gasteiger partial charge in [-0.1, -0.05) is 18.2 Å². The average Bonchev–Trinajstić information content (AvgIpc) is 3.12. The number of likely N-dealkylation sites (tertiary alicyclic amines) is 1. The minimum atomic E-state index is -4.43. The van der Waals surface area contributed by atoms with Gasteiger partial charge in [0.05, 0.1) is 17.5 Å². The molecule has 0 aliphatic carbocycles. The molecule has 1 aromatic carbocycles. The van der Waals surface area contributed by atoms with Gasteiger partial charge in [0, 0.05) is 30.5 Å². The highest BCUT2D eigenvalue weighted by Crippen LogP contribution is 2.37. The van der Waals surface area contributed by atoms with Crippen LogP contribution in [0.4, 0.5) is 13.2 Å². The quantitative estimate of drug-likeness (QED) is 0.926. The van der Waals surface area contributed by atoms with Gasteiger partial charge in [0.1, 0.15) is 5.82 Å². The van der Waals surface area contributed by atoms with Gasteiger partial charge in [-0.2, -0.15) is 13.2 Å². The van der Waals surface area contributed by atoms with Crippen LogP contribution in [0.25, 0.3) is 11.3 Å². The Hall–Kier alpha value is -2.31. The van der Waals surface area contributed by atoms with Gasteiger partial charge in [-0.15, -0.1) is 0 Å². The monoisotopic (exact) mass is 337 g/mol. The molecular weight excluding hydrogens is 319 g/mol. The van der Waals surface area contributed by atoms with Gasteiger partial charge in [-0.05, 0) is 19.9 Å². The molecule has 1 amide bonds. The number of alkyl halides is 3. The predicted octanol–water partition coefficient (Wildman–Crippen LogP) is 3.82. The van der Waals surface area contributed by atoms with Crippen molar-refractivity contribution in [3.05, 3.63) is 41.9 Å². The highest BCUT2D eigenvalue weighted by molar-refractivity contribution is 5.80. The van der Waals surface area contributed by atoms with E-state index in [1.54, 1.807) is 11.0 Å². The number of aromatic amines is 1. The van der Waals surface area contributed by atoms with E-state index in [2.05, 4.69) is 9.97 Å². The number of rotatable bonds is 3. The SMILES string of the molecule is CC(C)N1CC(c2ncc(-c3ccccc3C(F)(F)F)[nH]2)CC1=O. The summed E-state index contributed by atoms with van der Waals surface area (Å²) < 4.78 is 39.4. The standard InChI is InChI=1S/C17H18F3N3O/c1-10(2)23-9-11(7-15(23)24)16-21-8-14(22-16)12-5-3-4-6-13(12)17(18,19)20/h3-6,8,10-11H,7,9H2,1-2H3,(H,21,22). The molecule has 24 heavy (non-hydrogen) atoms. The van der Waals surface area contributed by atoms with Crippen LogP contribution in [0, 0.1) is 0 Å². The van der Waals surface area contributed by atoms with Crippen molar-refractivity contribution in [2.75, 3.05) is 6.54 Å². The summed E-state index contributed by atoms with van der Waals surface area (Å²) in [6.07, 6.45) is -2.70. The van der Waals surface area contributed by atoms with Crippen LogP contribution in [0.3, 0.4) is 0 Å². The zero-order valence-electron chi connectivity index (χ0n) is 13.4. The average molecular weight is 337 g/mol. The molecule has 1 aliphatic rings. The number of nitrogens with one attached hydrogen (secondary N) is 1. The summed E-state index contributed by atoms with van der Waals surface area (Å²) in [7, 11) is 0. The van der Waals surface area contributed by atoms with E-state index in [9.17, 15) is 18.0 Å². The van der Waals surface area contributed by atoms with Gasteiger partial charge < -0.3 is 9.88 Å². The molecule has 0 bridgehead atoms. The van der Waals surface area contributed by atoms with Crippen molar-refractivity contribution < 1.29 is 18.0 Å². The molecule has 7 heteroatoms. The van der Waals surface area contributed by atoms with E-state index in [0.29, 0.717) is 24.5 Å². The van der Waals surface area contributed by atoms with Crippen LogP contribution in [0.5, 0.6) is 0 Å². The first kappa shape index (κ1) is 16.5. The van der Waals surface area contributed by atoms with E-state index in [1.165, 1.54) is 18.3 Å². The minimum Gasteiger partial charge on any atom is -0.342 e. The first-order chi connectivity index (χ1) is 11.3. The molecule has 0 spiro atoms. The summed E-state index contributed by atoms with van der Waals surface area (Å²) in [5.74, 6) is 0.480. The first-order valence-electron chi connectivity index (χ1n) is 7.78. The van der Waals surface area contributed by atoms with Crippen LogP contribution in [0.2, 0.25) is 0 Å². The molecule has 0 saturated carbocycles. The van der Waals surface area contributed by atoms with Crippen molar-refractivity contribution >= 4 is 5.91 Å². The van der Waals surface area contributed by atoms with Gasteiger partial charge in [0.25, 0.3) is 0 Å². The van der Waals surface area contributed by atoms with Crippen LogP contribution in [0.15, 0.2) is 30.5 Å². The highest BCUT2D eigenvalue weighted by Gasteiger charge is 2.35. The lowest BCUT2D eigenvalue weighted by Crippen LogP contribution is -2.31. The van der Waals surface area contributed by atoms with E-state index in [0.717, 1.165) is 6.07 Å². The fourth-order valence-corrected chi connectivity index (χ4v) is 3.06. The molecule has 1 saturated heterocycles. The van der Waals surface area contributed by atoms with Gasteiger partial charge in [0.15, 0.2) is 0 Å². The van der Waals surface area contributed by atoms with Crippen LogP contribution in [0.1, 0.15) is 37.6 Å². The predicted molar refractivity (Wildman–Crippen MR) is 83.2 cm³/mol. The number of nitrogens with zero attached hydrogens (tertiary/aromatic N) is 2. The van der Waals surface area contributed by atoms with Crippen LogP contribution >= 0.6 is 0 Å². The molecule has 1 unspecified atom stereocenters. The van der Waals surface area contributed by atoms with Gasteiger partial charge in [0.2, 0.25) is 5.91 Å². The lowest BCUT2D eigenvalue weighted by Gasteiger charge is -2.20. The van der Waals surface area contributed by atoms with Crippen LogP contribution in [-0.2, 0) is 11.0 Å². The third kappa shape index (κ3) is 3.02. The maximum Gasteiger partial charge on any atom is 0.417 e. The number of aromatic nitrogens is 2. The summed E-state index contributed by atoms with van der Waals surface area (Å²) in [6, 6.07) is 5.49. The number of carbonyl (C=O) groups excluding carboxylic acids is 1. The Labute approximate surface area is 137 Å². The lowest BCUT2D eigenvalue weighted by atomic mass is 10.0. The number of halogens is 3. The second-order valence-electron chi connectivity index (χ2n) is 6.27. The summed E-state index contributed by atoms with van der Waals surface area (Å²) in [6.45, 7) is 4.41. The fourth-order valence-electron chi connectivity index (χ4n) is 3.06. The molecule has 3 rings (SSSR count). The van der Waals surface area contributed by atoms with Gasteiger partial charge in [-0.25, -0.2) is 4.98 Å². The van der Waals surface area contributed by atoms with Gasteiger partial charge >= 0.3 is 6.18 Å². The summed E-state index contributed by atoms with van der Waals surface area (Å²) in [5.41, 5.74) is -0.325. The van der Waals surface area contributed by atoms with E-state index in [1.807, 2.05) is 13.8 Å². The van der Waals surface area contributed by atoms with Crippen LogP contribution < -0.4 is 0 Å². The number of imidazole rings is 1. The van der Waals surface area contributed by atoms with Gasteiger partial charge in [-0.3, -0.25) is 4.79 Å². The Morgan fingerprint density at radius 2 is 2.00 bits per heavy atom. The molecule has 2 heterocycles. The fraction of sp³-hybridized carbons (Fsp3) is 0.412. The van der Waals surface area contributed by atoms with Crippen molar-refractivity contribution in [1.29, 1.82) is 0 Å². The molecular formula is C17H18F3N3O. The lowest BCUT2D eigenvalue weighted by molar-refractivity contribution is -0.137. The maximum atomic E-state index is 13.1. The number of amides is 1. The number of hydrogen-bond donors (Lipinski definition) is 1. The number of carbonyl (C=O) groups is 1. The molecule has 1 atom stereocenters. The normalized spacial score (nSPS) is 18.7. The second-order valence-corrected chi connectivity index (χ2v) is 6.27. The van der Waals surface area contributed by atoms with Crippen molar-refractivity contribution in [3.63, 3.8) is 0 Å². The van der Waals surface area contributed by atoms with E-state index < -0.39 is 11.7 Å². The third-order valence-electron chi connectivity index (χ3n) is 4.29. The highest BCUT2D eigenvalue weighted by atomic mass is 19.4. The van der Waals surface area contributed by atoms with Crippen LogP contribution in [-0.4, -0.2) is 33.4 Å². The summed E-state index contributed by atoms with van der Waals surface area (Å²) >= 11 is 0. The van der Waals surface area contributed by atoms with Crippen molar-refractivity contribution in [2.45, 2.75) is 38.4 Å². The third-order valence-corrected chi connectivity index (χ3v) is 4.29. The first-order valence-corrected chi connectivity index (χ1v) is 7.78. The zero-order chi connectivity index (χ0) is 17.5. The molecule has 2 aromatic rings. The van der Waals surface area contributed by atoms with Crippen molar-refractivity contribution in [3.8, 4) is 11.3 Å². The Bertz CT molecular complexity index is 752. The Balaban J connectivity index is 1.89. The molecule has 128 valence electrons. The second kappa shape index (κ2) is 5.96. The number of H-pyrrole nitrogens is 1. The van der Waals surface area contributed by atoms with E-state index >= 15 is 0 Å². The molecule has 1 fully saturated rings. The largest absolute Gasteiger partial charge is 0.417 e. The molecule has 1 aliphatic heterocycles. The zero-order valence-corrected chi connectivity index (χ0v) is 13.4. The summed E-state index contributed by atoms with van der Waals surface area (Å²) in [5, 5.41) is 0. The minimum absolute atomic E-state index is 0.0450. The Morgan fingerprint density at radius 1 is 1.29 bits per heavy atom. The number of hydrogen-bond acceptors (Lipinski definition) is 2. The molecule has 0 radical (unpaired) electrons. The maximum absolute atomic E-state index is 13.1. The van der Waals surface area contributed by atoms with E-state index in [-0.39, 0.29) is 23.4 Å². The Kier molecular flexibility index (Phi) is 4.11. The van der Waals surface area contributed by atoms with E-state index in [4.69, 9.17) is 0 Å². The molecule has 1 aromatic heterocycles. The van der Waals surface area contributed by atoms with Crippen molar-refractivity contribution in [2.24, 2.45) is 0 Å². The number of benzene rings is 1. The Morgan fingerprint density at radius 3 is 2.62 bits per heavy atom. The molecule has 1 N–H and O–H groups in total. The van der Waals surface area contributed by atoms with Crippen molar-refractivity contribution in [1.82, 2.24) is 14.9 Å². The summed E-state index contributed by atoms with van der Waals surface area (Å²) in [4.78, 5) is 21.0. The smallest absolute Gasteiger partial charge is 0.342 e.